The molecule has 4 rings (SSSR count). The standard InChI is InChI=1S/C28H32ClFN4O2S/c1-17(2)14-31-22(35)15-33-23(36)16-37-25(18-7-6-8-19(29)13-18)24-26(28(3,4)5)32-34(27(24)33)21-11-9-20(30)10-12-21/h6-13,17,25H,14-16H2,1-5H3,(H,31,35)/t25-/m0/s1. The summed E-state index contributed by atoms with van der Waals surface area (Å²) >= 11 is 7.86. The van der Waals surface area contributed by atoms with E-state index in [1.807, 2.05) is 38.1 Å². The first-order valence-corrected chi connectivity index (χ1v) is 13.7. The van der Waals surface area contributed by atoms with Crippen molar-refractivity contribution in [3.05, 3.63) is 76.2 Å². The van der Waals surface area contributed by atoms with E-state index in [0.717, 1.165) is 16.8 Å². The lowest BCUT2D eigenvalue weighted by Crippen LogP contribution is -2.43. The second-order valence-electron chi connectivity index (χ2n) is 10.6. The second kappa shape index (κ2) is 10.9. The lowest BCUT2D eigenvalue weighted by Gasteiger charge is -2.24. The number of anilines is 1. The van der Waals surface area contributed by atoms with Crippen LogP contribution in [0.4, 0.5) is 10.2 Å². The van der Waals surface area contributed by atoms with Crippen LogP contribution in [0, 0.1) is 11.7 Å². The summed E-state index contributed by atoms with van der Waals surface area (Å²) in [5, 5.41) is 8.27. The molecule has 0 saturated carbocycles. The highest BCUT2D eigenvalue weighted by Gasteiger charge is 2.40. The van der Waals surface area contributed by atoms with Crippen molar-refractivity contribution in [2.75, 3.05) is 23.7 Å². The molecule has 1 aliphatic rings. The Morgan fingerprint density at radius 2 is 1.92 bits per heavy atom. The van der Waals surface area contributed by atoms with Crippen molar-refractivity contribution in [1.29, 1.82) is 0 Å². The zero-order valence-electron chi connectivity index (χ0n) is 21.7. The summed E-state index contributed by atoms with van der Waals surface area (Å²) in [6.07, 6.45) is 0. The number of hydrogen-bond donors (Lipinski definition) is 1. The third-order valence-electron chi connectivity index (χ3n) is 6.03. The largest absolute Gasteiger partial charge is 0.354 e. The van der Waals surface area contributed by atoms with Gasteiger partial charge >= 0.3 is 0 Å². The molecule has 0 radical (unpaired) electrons. The van der Waals surface area contributed by atoms with Crippen LogP contribution in [0.1, 0.15) is 56.7 Å². The number of hydrogen-bond acceptors (Lipinski definition) is 4. The summed E-state index contributed by atoms with van der Waals surface area (Å²) in [5.74, 6) is 0.167. The van der Waals surface area contributed by atoms with E-state index in [4.69, 9.17) is 16.7 Å². The Hall–Kier alpha value is -2.84. The molecular weight excluding hydrogens is 511 g/mol. The quantitative estimate of drug-likeness (QED) is 0.421. The van der Waals surface area contributed by atoms with E-state index in [1.165, 1.54) is 28.8 Å². The molecule has 3 aromatic rings. The highest BCUT2D eigenvalue weighted by atomic mass is 35.5. The smallest absolute Gasteiger partial charge is 0.240 e. The molecule has 2 aromatic carbocycles. The predicted octanol–water partition coefficient (Wildman–Crippen LogP) is 5.90. The van der Waals surface area contributed by atoms with Crippen LogP contribution in [0.2, 0.25) is 5.02 Å². The van der Waals surface area contributed by atoms with Gasteiger partial charge in [-0.1, -0.05) is 58.4 Å². The van der Waals surface area contributed by atoms with Crippen LogP contribution in [-0.2, 0) is 15.0 Å². The van der Waals surface area contributed by atoms with Crippen LogP contribution in [0.25, 0.3) is 5.69 Å². The number of nitrogens with one attached hydrogen (secondary N) is 1. The Labute approximate surface area is 226 Å². The molecule has 37 heavy (non-hydrogen) atoms. The number of carbonyl (C=O) groups excluding carboxylic acids is 2. The minimum Gasteiger partial charge on any atom is -0.354 e. The van der Waals surface area contributed by atoms with Gasteiger partial charge in [-0.2, -0.15) is 5.10 Å². The zero-order chi connectivity index (χ0) is 26.9. The Morgan fingerprint density at radius 1 is 1.22 bits per heavy atom. The number of aromatic nitrogens is 2. The molecular formula is C28H32ClFN4O2S. The molecule has 1 aromatic heterocycles. The number of thioether (sulfide) groups is 1. The molecule has 0 bridgehead atoms. The molecule has 0 unspecified atom stereocenters. The third kappa shape index (κ3) is 6.02. The highest BCUT2D eigenvalue weighted by Crippen LogP contribution is 2.48. The summed E-state index contributed by atoms with van der Waals surface area (Å²) < 4.78 is 15.5. The van der Waals surface area contributed by atoms with E-state index in [0.29, 0.717) is 23.1 Å². The number of benzene rings is 2. The Morgan fingerprint density at radius 3 is 2.54 bits per heavy atom. The first-order valence-electron chi connectivity index (χ1n) is 12.3. The van der Waals surface area contributed by atoms with Crippen LogP contribution in [0.3, 0.4) is 0 Å². The molecule has 0 saturated heterocycles. The van der Waals surface area contributed by atoms with Crippen molar-refractivity contribution in [2.24, 2.45) is 5.92 Å². The normalized spacial score (nSPS) is 16.1. The first-order chi connectivity index (χ1) is 17.5. The maximum atomic E-state index is 13.8. The lowest BCUT2D eigenvalue weighted by molar-refractivity contribution is -0.123. The first kappa shape index (κ1) is 27.2. The van der Waals surface area contributed by atoms with Gasteiger partial charge < -0.3 is 5.32 Å². The van der Waals surface area contributed by atoms with E-state index in [9.17, 15) is 14.0 Å². The number of fused-ring (bicyclic) bond motifs is 1. The van der Waals surface area contributed by atoms with Gasteiger partial charge in [0.1, 0.15) is 18.2 Å². The topological polar surface area (TPSA) is 67.2 Å². The van der Waals surface area contributed by atoms with Crippen LogP contribution in [-0.4, -0.2) is 40.4 Å². The van der Waals surface area contributed by atoms with Gasteiger partial charge in [-0.15, -0.1) is 11.8 Å². The maximum absolute atomic E-state index is 13.8. The van der Waals surface area contributed by atoms with Crippen molar-refractivity contribution in [2.45, 2.75) is 45.3 Å². The van der Waals surface area contributed by atoms with E-state index >= 15 is 0 Å². The van der Waals surface area contributed by atoms with Crippen LogP contribution < -0.4 is 10.2 Å². The van der Waals surface area contributed by atoms with Crippen LogP contribution >= 0.6 is 23.4 Å². The van der Waals surface area contributed by atoms with E-state index in [1.54, 1.807) is 16.8 Å². The van der Waals surface area contributed by atoms with Gasteiger partial charge in [-0.05, 0) is 47.9 Å². The fourth-order valence-electron chi connectivity index (χ4n) is 4.29. The van der Waals surface area contributed by atoms with Gasteiger partial charge in [-0.25, -0.2) is 9.07 Å². The van der Waals surface area contributed by atoms with E-state index in [-0.39, 0.29) is 46.5 Å². The summed E-state index contributed by atoms with van der Waals surface area (Å²) in [6, 6.07) is 13.6. The zero-order valence-corrected chi connectivity index (χ0v) is 23.3. The average molecular weight is 543 g/mol. The number of carbonyl (C=O) groups is 2. The van der Waals surface area contributed by atoms with Crippen molar-refractivity contribution in [1.82, 2.24) is 15.1 Å². The van der Waals surface area contributed by atoms with Gasteiger partial charge in [0.2, 0.25) is 11.8 Å². The predicted molar refractivity (Wildman–Crippen MR) is 148 cm³/mol. The molecule has 0 spiro atoms. The Bertz CT molecular complexity index is 1300. The summed E-state index contributed by atoms with van der Waals surface area (Å²) in [4.78, 5) is 28.1. The number of nitrogens with zero attached hydrogens (tertiary/aromatic N) is 3. The number of rotatable bonds is 6. The molecule has 1 aliphatic heterocycles. The van der Waals surface area contributed by atoms with E-state index in [2.05, 4.69) is 26.1 Å². The second-order valence-corrected chi connectivity index (χ2v) is 12.2. The van der Waals surface area contributed by atoms with Crippen molar-refractivity contribution < 1.29 is 14.0 Å². The fourth-order valence-corrected chi connectivity index (χ4v) is 5.67. The molecule has 1 atom stereocenters. The molecule has 1 N–H and O–H groups in total. The summed E-state index contributed by atoms with van der Waals surface area (Å²) in [5.41, 5.74) is 2.82. The minimum absolute atomic E-state index is 0.141. The fraction of sp³-hybridized carbons (Fsp3) is 0.393. The molecule has 6 nitrogen and oxygen atoms in total. The molecule has 2 heterocycles. The average Bonchev–Trinajstić information content (AvgIpc) is 3.16. The lowest BCUT2D eigenvalue weighted by atomic mass is 9.87. The highest BCUT2D eigenvalue weighted by molar-refractivity contribution is 8.00. The van der Waals surface area contributed by atoms with Gasteiger partial charge in [-0.3, -0.25) is 14.5 Å². The van der Waals surface area contributed by atoms with Gasteiger partial charge in [0.25, 0.3) is 0 Å². The van der Waals surface area contributed by atoms with E-state index < -0.39 is 0 Å². The van der Waals surface area contributed by atoms with Gasteiger partial charge in [0.15, 0.2) is 0 Å². The van der Waals surface area contributed by atoms with Gasteiger partial charge in [0.05, 0.1) is 22.4 Å². The maximum Gasteiger partial charge on any atom is 0.240 e. The number of halogens is 2. The van der Waals surface area contributed by atoms with Crippen LogP contribution in [0.5, 0.6) is 0 Å². The third-order valence-corrected chi connectivity index (χ3v) is 7.52. The SMILES string of the molecule is CC(C)CNC(=O)CN1C(=O)CS[C@@H](c2cccc(Cl)c2)c2c(C(C)(C)C)nn(-c3ccc(F)cc3)c21. The molecule has 196 valence electrons. The van der Waals surface area contributed by atoms with Crippen LogP contribution in [0.15, 0.2) is 48.5 Å². The Balaban J connectivity index is 1.96. The molecule has 2 amide bonds. The summed E-state index contributed by atoms with van der Waals surface area (Å²) in [6.45, 7) is 10.6. The molecule has 0 fully saturated rings. The summed E-state index contributed by atoms with van der Waals surface area (Å²) in [7, 11) is 0. The minimum atomic E-state index is -0.383. The van der Waals surface area contributed by atoms with Crippen molar-refractivity contribution in [3.63, 3.8) is 0 Å². The molecule has 0 aliphatic carbocycles. The van der Waals surface area contributed by atoms with Crippen molar-refractivity contribution >= 4 is 41.0 Å². The monoisotopic (exact) mass is 542 g/mol. The van der Waals surface area contributed by atoms with Gasteiger partial charge in [0, 0.05) is 22.5 Å². The number of amides is 2. The molecule has 9 heteroatoms. The Kier molecular flexibility index (Phi) is 7.99. The van der Waals surface area contributed by atoms with Crippen molar-refractivity contribution in [3.8, 4) is 5.69 Å².